The first-order chi connectivity index (χ1) is 9.71. The fraction of sp³-hybridized carbons (Fsp3) is 0.750. The van der Waals surface area contributed by atoms with Gasteiger partial charge in [0.1, 0.15) is 0 Å². The van der Waals surface area contributed by atoms with Crippen LogP contribution in [0.2, 0.25) is 0 Å². The Hall–Kier alpha value is -0.840. The lowest BCUT2D eigenvalue weighted by Crippen LogP contribution is -2.40. The molecule has 1 aliphatic carbocycles. The number of hydrogen-bond acceptors (Lipinski definition) is 2. The third kappa shape index (κ3) is 3.17. The summed E-state index contributed by atoms with van der Waals surface area (Å²) in [4.78, 5) is 11.9. The minimum atomic E-state index is -0.663. The van der Waals surface area contributed by atoms with E-state index in [4.69, 9.17) is 0 Å². The molecule has 1 N–H and O–H groups in total. The van der Waals surface area contributed by atoms with Crippen LogP contribution in [0.4, 0.5) is 0 Å². The molecule has 0 spiro atoms. The molecule has 0 amide bonds. The van der Waals surface area contributed by atoms with Crippen molar-refractivity contribution >= 4 is 21.9 Å². The van der Waals surface area contributed by atoms with Gasteiger partial charge in [-0.15, -0.1) is 0 Å². The van der Waals surface area contributed by atoms with Gasteiger partial charge in [-0.05, 0) is 53.4 Å². The summed E-state index contributed by atoms with van der Waals surface area (Å²) >= 11 is 3.61. The van der Waals surface area contributed by atoms with Crippen LogP contribution in [0, 0.1) is 10.8 Å². The molecular formula is C16H25BrN2O2. The fourth-order valence-electron chi connectivity index (χ4n) is 3.20. The Balaban J connectivity index is 2.30. The Labute approximate surface area is 135 Å². The first-order valence-electron chi connectivity index (χ1n) is 7.64. The number of halogens is 1. The third-order valence-corrected chi connectivity index (χ3v) is 5.94. The van der Waals surface area contributed by atoms with Gasteiger partial charge in [0, 0.05) is 13.5 Å². The average molecular weight is 357 g/mol. The smallest absolute Gasteiger partial charge is 0.310 e. The summed E-state index contributed by atoms with van der Waals surface area (Å²) in [7, 11) is 1.90. The van der Waals surface area contributed by atoms with E-state index >= 15 is 0 Å². The van der Waals surface area contributed by atoms with Crippen LogP contribution in [0.25, 0.3) is 0 Å². The molecule has 1 aliphatic rings. The molecule has 1 fully saturated rings. The zero-order chi connectivity index (χ0) is 15.8. The van der Waals surface area contributed by atoms with Crippen LogP contribution in [0.15, 0.2) is 4.47 Å². The molecule has 118 valence electrons. The van der Waals surface area contributed by atoms with E-state index in [0.717, 1.165) is 48.0 Å². The zero-order valence-corrected chi connectivity index (χ0v) is 15.0. The predicted molar refractivity (Wildman–Crippen MR) is 86.3 cm³/mol. The van der Waals surface area contributed by atoms with Gasteiger partial charge in [-0.2, -0.15) is 5.10 Å². The van der Waals surface area contributed by atoms with Crippen LogP contribution in [0.3, 0.4) is 0 Å². The van der Waals surface area contributed by atoms with E-state index < -0.39 is 11.4 Å². The number of carboxylic acid groups (broad SMARTS) is 1. The Kier molecular flexibility index (Phi) is 4.52. The molecule has 0 aliphatic heterocycles. The second-order valence-electron chi connectivity index (χ2n) is 7.11. The van der Waals surface area contributed by atoms with Gasteiger partial charge in [0.2, 0.25) is 0 Å². The highest BCUT2D eigenvalue weighted by atomic mass is 79.9. The van der Waals surface area contributed by atoms with Crippen molar-refractivity contribution in [3.8, 4) is 0 Å². The number of carboxylic acids is 1. The van der Waals surface area contributed by atoms with Crippen LogP contribution < -0.4 is 0 Å². The SMILES string of the molecule is CCc1nn(C)c(CC2(C(=O)O)CCC(C)(C)CC2)c1Br. The Morgan fingerprint density at radius 3 is 2.33 bits per heavy atom. The summed E-state index contributed by atoms with van der Waals surface area (Å²) in [5.74, 6) is -0.663. The lowest BCUT2D eigenvalue weighted by atomic mass is 9.63. The van der Waals surface area contributed by atoms with Gasteiger partial charge in [0.25, 0.3) is 0 Å². The van der Waals surface area contributed by atoms with Crippen molar-refractivity contribution in [1.29, 1.82) is 0 Å². The average Bonchev–Trinajstić information content (AvgIpc) is 2.68. The quantitative estimate of drug-likeness (QED) is 0.888. The van der Waals surface area contributed by atoms with Crippen molar-refractivity contribution in [2.75, 3.05) is 0 Å². The van der Waals surface area contributed by atoms with Crippen molar-refractivity contribution in [3.63, 3.8) is 0 Å². The predicted octanol–water partition coefficient (Wildman–Crippen LogP) is 3.96. The maximum atomic E-state index is 11.9. The molecule has 1 aromatic heterocycles. The normalized spacial score (nSPS) is 20.4. The lowest BCUT2D eigenvalue weighted by Gasteiger charge is -2.41. The van der Waals surface area contributed by atoms with Crippen LogP contribution >= 0.6 is 15.9 Å². The zero-order valence-electron chi connectivity index (χ0n) is 13.4. The van der Waals surface area contributed by atoms with Gasteiger partial charge in [-0.1, -0.05) is 20.8 Å². The highest BCUT2D eigenvalue weighted by molar-refractivity contribution is 9.10. The van der Waals surface area contributed by atoms with Crippen molar-refractivity contribution in [3.05, 3.63) is 15.9 Å². The van der Waals surface area contributed by atoms with Gasteiger partial charge in [-0.25, -0.2) is 0 Å². The summed E-state index contributed by atoms with van der Waals surface area (Å²) in [5.41, 5.74) is 1.63. The van der Waals surface area contributed by atoms with Gasteiger partial charge >= 0.3 is 5.97 Å². The number of aliphatic carboxylic acids is 1. The van der Waals surface area contributed by atoms with E-state index in [-0.39, 0.29) is 5.41 Å². The van der Waals surface area contributed by atoms with E-state index in [1.54, 1.807) is 0 Å². The molecule has 1 aromatic rings. The van der Waals surface area contributed by atoms with E-state index in [1.165, 1.54) is 0 Å². The van der Waals surface area contributed by atoms with Crippen LogP contribution in [-0.2, 0) is 24.7 Å². The molecule has 4 nitrogen and oxygen atoms in total. The summed E-state index contributed by atoms with van der Waals surface area (Å²) in [6, 6.07) is 0. The third-order valence-electron chi connectivity index (χ3n) is 5.02. The highest BCUT2D eigenvalue weighted by Crippen LogP contribution is 2.47. The number of aryl methyl sites for hydroxylation is 2. The van der Waals surface area contributed by atoms with Crippen LogP contribution in [-0.4, -0.2) is 20.9 Å². The molecule has 0 radical (unpaired) electrons. The number of carbonyl (C=O) groups is 1. The Morgan fingerprint density at radius 2 is 1.90 bits per heavy atom. The molecule has 0 bridgehead atoms. The number of aromatic nitrogens is 2. The van der Waals surface area contributed by atoms with Crippen molar-refractivity contribution in [2.24, 2.45) is 17.9 Å². The van der Waals surface area contributed by atoms with E-state index in [9.17, 15) is 9.90 Å². The van der Waals surface area contributed by atoms with Crippen LogP contribution in [0.5, 0.6) is 0 Å². The molecule has 0 unspecified atom stereocenters. The monoisotopic (exact) mass is 356 g/mol. The first kappa shape index (κ1) is 16.5. The maximum Gasteiger partial charge on any atom is 0.310 e. The molecule has 21 heavy (non-hydrogen) atoms. The van der Waals surface area contributed by atoms with E-state index in [1.807, 2.05) is 11.7 Å². The Bertz CT molecular complexity index is 539. The van der Waals surface area contributed by atoms with Gasteiger partial charge in [0.15, 0.2) is 0 Å². The molecule has 0 aromatic carbocycles. The minimum absolute atomic E-state index is 0.261. The number of nitrogens with zero attached hydrogens (tertiary/aromatic N) is 2. The Morgan fingerprint density at radius 1 is 1.33 bits per heavy atom. The van der Waals surface area contributed by atoms with Crippen molar-refractivity contribution in [2.45, 2.75) is 59.3 Å². The topological polar surface area (TPSA) is 55.1 Å². The van der Waals surface area contributed by atoms with Gasteiger partial charge in [-0.3, -0.25) is 9.48 Å². The molecule has 0 saturated heterocycles. The van der Waals surface area contributed by atoms with Crippen molar-refractivity contribution in [1.82, 2.24) is 9.78 Å². The first-order valence-corrected chi connectivity index (χ1v) is 8.44. The van der Waals surface area contributed by atoms with E-state index in [0.29, 0.717) is 6.42 Å². The maximum absolute atomic E-state index is 11.9. The molecule has 0 atom stereocenters. The van der Waals surface area contributed by atoms with Crippen molar-refractivity contribution < 1.29 is 9.90 Å². The number of hydrogen-bond donors (Lipinski definition) is 1. The second kappa shape index (κ2) is 5.75. The molecule has 5 heteroatoms. The fourth-order valence-corrected chi connectivity index (χ4v) is 3.96. The van der Waals surface area contributed by atoms with Gasteiger partial charge in [0.05, 0.1) is 21.3 Å². The summed E-state index contributed by atoms with van der Waals surface area (Å²) in [6.45, 7) is 6.52. The number of rotatable bonds is 4. The van der Waals surface area contributed by atoms with Crippen LogP contribution in [0.1, 0.15) is 57.8 Å². The molecular weight excluding hydrogens is 332 g/mol. The minimum Gasteiger partial charge on any atom is -0.481 e. The standard InChI is InChI=1S/C16H25BrN2O2/c1-5-11-13(17)12(19(4)18-11)10-16(14(20)21)8-6-15(2,3)7-9-16/h5-10H2,1-4H3,(H,20,21). The summed E-state index contributed by atoms with van der Waals surface area (Å²) in [5, 5.41) is 14.3. The second-order valence-corrected chi connectivity index (χ2v) is 7.90. The summed E-state index contributed by atoms with van der Waals surface area (Å²) in [6.07, 6.45) is 4.83. The lowest BCUT2D eigenvalue weighted by molar-refractivity contribution is -0.152. The molecule has 1 saturated carbocycles. The molecule has 2 rings (SSSR count). The van der Waals surface area contributed by atoms with E-state index in [2.05, 4.69) is 41.8 Å². The largest absolute Gasteiger partial charge is 0.481 e. The van der Waals surface area contributed by atoms with Gasteiger partial charge < -0.3 is 5.11 Å². The summed E-state index contributed by atoms with van der Waals surface area (Å²) < 4.78 is 2.82. The molecule has 1 heterocycles. The highest BCUT2D eigenvalue weighted by Gasteiger charge is 2.45.